The van der Waals surface area contributed by atoms with E-state index in [1.165, 1.54) is 11.8 Å². The van der Waals surface area contributed by atoms with Crippen LogP contribution in [-0.4, -0.2) is 59.3 Å². The number of thioether (sulfide) groups is 1. The Hall–Kier alpha value is -4.34. The maximum Gasteiger partial charge on any atom is 0.243 e. The number of amides is 2. The topological polar surface area (TPSA) is 181 Å². The number of hydroxylamine groups is 1. The van der Waals surface area contributed by atoms with Gasteiger partial charge in [0.2, 0.25) is 17.0 Å². The summed E-state index contributed by atoms with van der Waals surface area (Å²) in [5, 5.41) is 43.3. The molecule has 1 aliphatic heterocycles. The lowest BCUT2D eigenvalue weighted by Crippen LogP contribution is -2.31. The molecule has 0 spiro atoms. The number of aliphatic hydroxyl groups excluding tert-OH is 1. The summed E-state index contributed by atoms with van der Waals surface area (Å²) in [5.41, 5.74) is 5.54. The second kappa shape index (κ2) is 16.3. The van der Waals surface area contributed by atoms with Gasteiger partial charge in [-0.05, 0) is 70.8 Å². The summed E-state index contributed by atoms with van der Waals surface area (Å²) in [6, 6.07) is 21.6. The minimum Gasteiger partial charge on any atom is -0.508 e. The second-order valence-electron chi connectivity index (χ2n) is 10.8. The van der Waals surface area contributed by atoms with Gasteiger partial charge in [0, 0.05) is 36.3 Å². The summed E-state index contributed by atoms with van der Waals surface area (Å²) in [7, 11) is 0. The van der Waals surface area contributed by atoms with Crippen molar-refractivity contribution in [3.05, 3.63) is 89.5 Å². The number of nitrogens with zero attached hydrogens (tertiary/aromatic N) is 4. The van der Waals surface area contributed by atoms with E-state index >= 15 is 0 Å². The van der Waals surface area contributed by atoms with E-state index in [1.807, 2.05) is 36.4 Å². The number of aromatic hydroxyl groups is 1. The highest BCUT2D eigenvalue weighted by molar-refractivity contribution is 7.99. The summed E-state index contributed by atoms with van der Waals surface area (Å²) in [5.74, 6) is 0.143. The molecule has 3 atom stereocenters. The van der Waals surface area contributed by atoms with Crippen LogP contribution in [0.3, 0.4) is 0 Å². The fourth-order valence-corrected chi connectivity index (χ4v) is 5.87. The van der Waals surface area contributed by atoms with Crippen LogP contribution in [0.25, 0.3) is 5.69 Å². The number of tetrazole rings is 1. The summed E-state index contributed by atoms with van der Waals surface area (Å²) in [6.45, 7) is -0.0429. The number of phenolic OH excluding ortho intramolecular Hbond substituents is 1. The molecule has 2 amide bonds. The van der Waals surface area contributed by atoms with Crippen molar-refractivity contribution >= 4 is 29.3 Å². The molecular formula is C32H36N6O7S. The van der Waals surface area contributed by atoms with E-state index in [2.05, 4.69) is 20.8 Å². The number of unbranched alkanes of at least 4 members (excludes halogenated alkanes) is 2. The number of rotatable bonds is 14. The van der Waals surface area contributed by atoms with Gasteiger partial charge in [-0.15, -0.1) is 5.10 Å². The second-order valence-corrected chi connectivity index (χ2v) is 11.8. The first-order valence-electron chi connectivity index (χ1n) is 15.0. The number of carbonyl (C=O) groups excluding carboxylic acids is 2. The first-order valence-corrected chi connectivity index (χ1v) is 15.9. The summed E-state index contributed by atoms with van der Waals surface area (Å²) in [6.07, 6.45) is 1.89. The van der Waals surface area contributed by atoms with Gasteiger partial charge in [0.1, 0.15) is 5.75 Å². The van der Waals surface area contributed by atoms with Crippen molar-refractivity contribution in [1.29, 1.82) is 0 Å². The zero-order chi connectivity index (χ0) is 32.3. The molecule has 14 heteroatoms. The van der Waals surface area contributed by atoms with E-state index in [9.17, 15) is 19.8 Å². The fourth-order valence-electron chi connectivity index (χ4n) is 4.97. The van der Waals surface area contributed by atoms with Gasteiger partial charge < -0.3 is 25.0 Å². The summed E-state index contributed by atoms with van der Waals surface area (Å²) in [4.78, 5) is 23.5. The van der Waals surface area contributed by atoms with Gasteiger partial charge in [-0.1, -0.05) is 54.6 Å². The van der Waals surface area contributed by atoms with Crippen molar-refractivity contribution < 1.29 is 34.5 Å². The third-order valence-corrected chi connectivity index (χ3v) is 8.50. The third-order valence-electron chi connectivity index (χ3n) is 7.45. The fraction of sp³-hybridized carbons (Fsp3) is 0.344. The van der Waals surface area contributed by atoms with E-state index in [0.717, 1.165) is 22.4 Å². The third kappa shape index (κ3) is 9.11. The smallest absolute Gasteiger partial charge is 0.243 e. The molecule has 4 aromatic rings. The molecule has 0 aliphatic carbocycles. The molecule has 1 aromatic heterocycles. The number of anilines is 1. The largest absolute Gasteiger partial charge is 0.508 e. The molecular weight excluding hydrogens is 612 g/mol. The van der Waals surface area contributed by atoms with E-state index in [4.69, 9.17) is 14.7 Å². The first-order chi connectivity index (χ1) is 22.4. The van der Waals surface area contributed by atoms with Crippen LogP contribution < -0.4 is 10.8 Å². The molecule has 0 bridgehead atoms. The van der Waals surface area contributed by atoms with Crippen molar-refractivity contribution in [3.63, 3.8) is 0 Å². The van der Waals surface area contributed by atoms with Crippen LogP contribution >= 0.6 is 11.8 Å². The van der Waals surface area contributed by atoms with E-state index < -0.39 is 12.2 Å². The molecule has 13 nitrogen and oxygen atoms in total. The minimum absolute atomic E-state index is 0.0429. The van der Waals surface area contributed by atoms with Gasteiger partial charge in [-0.25, -0.2) is 5.48 Å². The summed E-state index contributed by atoms with van der Waals surface area (Å²) < 4.78 is 14.5. The summed E-state index contributed by atoms with van der Waals surface area (Å²) >= 11 is 1.45. The average Bonchev–Trinajstić information content (AvgIpc) is 3.56. The Morgan fingerprint density at radius 1 is 0.891 bits per heavy atom. The van der Waals surface area contributed by atoms with Crippen LogP contribution in [0.4, 0.5) is 5.69 Å². The Morgan fingerprint density at radius 3 is 2.28 bits per heavy atom. The highest BCUT2D eigenvalue weighted by Gasteiger charge is 2.32. The molecule has 46 heavy (non-hydrogen) atoms. The van der Waals surface area contributed by atoms with E-state index in [1.54, 1.807) is 46.6 Å². The molecule has 0 saturated carbocycles. The predicted octanol–water partition coefficient (Wildman–Crippen LogP) is 4.59. The van der Waals surface area contributed by atoms with Crippen LogP contribution in [0.2, 0.25) is 0 Å². The molecule has 0 radical (unpaired) electrons. The van der Waals surface area contributed by atoms with Gasteiger partial charge in [0.25, 0.3) is 0 Å². The highest BCUT2D eigenvalue weighted by Crippen LogP contribution is 2.39. The number of aromatic nitrogens is 4. The number of carbonyl (C=O) groups is 2. The molecule has 5 N–H and O–H groups in total. The average molecular weight is 649 g/mol. The van der Waals surface area contributed by atoms with Gasteiger partial charge in [-0.2, -0.15) is 4.68 Å². The maximum atomic E-state index is 12.4. The van der Waals surface area contributed by atoms with Gasteiger partial charge >= 0.3 is 0 Å². The van der Waals surface area contributed by atoms with Crippen LogP contribution in [0.1, 0.15) is 67.6 Å². The normalized spacial score (nSPS) is 17.8. The van der Waals surface area contributed by atoms with Crippen molar-refractivity contribution in [2.45, 2.75) is 68.8 Å². The Kier molecular flexibility index (Phi) is 11.7. The zero-order valence-electron chi connectivity index (χ0n) is 25.0. The molecule has 1 aliphatic rings. The number of hydrogen-bond acceptors (Lipinski definition) is 11. The minimum atomic E-state index is -0.671. The predicted molar refractivity (Wildman–Crippen MR) is 168 cm³/mol. The monoisotopic (exact) mass is 648 g/mol. The lowest BCUT2D eigenvalue weighted by atomic mass is 10.0. The number of hydrogen-bond donors (Lipinski definition) is 5. The van der Waals surface area contributed by atoms with Gasteiger partial charge in [-0.3, -0.25) is 14.8 Å². The number of aliphatic hydroxyl groups is 1. The number of phenols is 1. The quantitative estimate of drug-likeness (QED) is 0.0558. The lowest BCUT2D eigenvalue weighted by Gasteiger charge is -2.36. The van der Waals surface area contributed by atoms with Gasteiger partial charge in [0.15, 0.2) is 6.29 Å². The molecule has 3 aromatic carbocycles. The van der Waals surface area contributed by atoms with Crippen LogP contribution in [0.15, 0.2) is 78.0 Å². The molecule has 2 heterocycles. The van der Waals surface area contributed by atoms with Crippen LogP contribution in [-0.2, 0) is 25.7 Å². The highest BCUT2D eigenvalue weighted by atomic mass is 32.2. The van der Waals surface area contributed by atoms with Crippen molar-refractivity contribution in [3.8, 4) is 11.4 Å². The van der Waals surface area contributed by atoms with Crippen LogP contribution in [0, 0.1) is 0 Å². The van der Waals surface area contributed by atoms with Crippen LogP contribution in [0.5, 0.6) is 5.75 Å². The first kappa shape index (κ1) is 33.0. The zero-order valence-corrected chi connectivity index (χ0v) is 25.8. The van der Waals surface area contributed by atoms with E-state index in [-0.39, 0.29) is 36.9 Å². The standard InChI is InChI=1S/C32H36N6O7S/c39-19-21-6-8-22(9-7-21)28-18-27(20-46-32-34-36-37-38(32)25-14-16-26(40)17-15-25)44-31(45-28)23-10-12-24(13-11-23)33-29(41)4-2-1-3-5-30(42)35-43/h6-17,27-28,31,39-40,43H,1-5,18-20H2,(H,33,41)(H,35,42). The Morgan fingerprint density at radius 2 is 1.59 bits per heavy atom. The van der Waals surface area contributed by atoms with Crippen molar-refractivity contribution in [2.75, 3.05) is 11.1 Å². The molecule has 1 saturated heterocycles. The number of nitrogens with one attached hydrogen (secondary N) is 2. The van der Waals surface area contributed by atoms with E-state index in [0.29, 0.717) is 48.7 Å². The molecule has 5 rings (SSSR count). The molecule has 3 unspecified atom stereocenters. The Bertz CT molecular complexity index is 1570. The lowest BCUT2D eigenvalue weighted by molar-refractivity contribution is -0.245. The van der Waals surface area contributed by atoms with Crippen molar-refractivity contribution in [2.24, 2.45) is 0 Å². The Labute approximate surface area is 269 Å². The molecule has 1 fully saturated rings. The number of ether oxygens (including phenoxy) is 2. The SMILES string of the molecule is O=C(CCCCCC(=O)Nc1ccc(C2OC(CSc3nnnn3-c3ccc(O)cc3)CC(c3ccc(CO)cc3)O2)cc1)NO. The number of benzene rings is 3. The Balaban J connectivity index is 1.23. The molecule has 242 valence electrons. The van der Waals surface area contributed by atoms with Crippen molar-refractivity contribution in [1.82, 2.24) is 25.7 Å². The maximum absolute atomic E-state index is 12.4. The van der Waals surface area contributed by atoms with Gasteiger partial charge in [0.05, 0.1) is 24.5 Å².